The predicted octanol–water partition coefficient (Wildman–Crippen LogP) is 2.99. The number of alkyl halides is 3. The van der Waals surface area contributed by atoms with E-state index >= 15 is 0 Å². The largest absolute Gasteiger partial charge is 0.573 e. The monoisotopic (exact) mass is 242 g/mol. The summed E-state index contributed by atoms with van der Waals surface area (Å²) in [4.78, 5) is 0. The van der Waals surface area contributed by atoms with E-state index in [0.717, 1.165) is 11.1 Å². The third-order valence-electron chi connectivity index (χ3n) is 2.13. The Morgan fingerprint density at radius 2 is 1.76 bits per heavy atom. The molecule has 0 saturated carbocycles. The molecule has 0 aliphatic rings. The summed E-state index contributed by atoms with van der Waals surface area (Å²) in [6.07, 6.45) is -1.24. The first-order valence-electron chi connectivity index (χ1n) is 4.79. The molecule has 0 radical (unpaired) electrons. The van der Waals surface area contributed by atoms with E-state index < -0.39 is 6.36 Å². The topological polar surface area (TPSA) is 27.1 Å². The van der Waals surface area contributed by atoms with Gasteiger partial charge in [-0.2, -0.15) is 5.10 Å². The minimum Gasteiger partial charge on any atom is -0.406 e. The fourth-order valence-corrected chi connectivity index (χ4v) is 1.42. The number of aryl methyl sites for hydroxylation is 1. The van der Waals surface area contributed by atoms with E-state index in [4.69, 9.17) is 0 Å². The normalized spacial score (nSPS) is 11.5. The van der Waals surface area contributed by atoms with E-state index in [1.54, 1.807) is 36.3 Å². The van der Waals surface area contributed by atoms with Crippen LogP contribution in [-0.2, 0) is 7.05 Å². The highest BCUT2D eigenvalue weighted by atomic mass is 19.4. The van der Waals surface area contributed by atoms with Crippen molar-refractivity contribution in [1.29, 1.82) is 0 Å². The molecule has 0 spiro atoms. The van der Waals surface area contributed by atoms with Crippen molar-refractivity contribution in [3.8, 4) is 16.9 Å². The average molecular weight is 242 g/mol. The predicted molar refractivity (Wildman–Crippen MR) is 55.3 cm³/mol. The van der Waals surface area contributed by atoms with Gasteiger partial charge in [0.25, 0.3) is 0 Å². The SMILES string of the molecule is Cn1cc(-c2ccc(OC(F)(F)F)cc2)cn1. The minimum atomic E-state index is -4.66. The average Bonchev–Trinajstić information content (AvgIpc) is 2.63. The summed E-state index contributed by atoms with van der Waals surface area (Å²) in [5.41, 5.74) is 1.62. The van der Waals surface area contributed by atoms with Gasteiger partial charge in [0.1, 0.15) is 5.75 Å². The number of aromatic nitrogens is 2. The van der Waals surface area contributed by atoms with Crippen molar-refractivity contribution < 1.29 is 17.9 Å². The molecule has 1 aromatic carbocycles. The van der Waals surface area contributed by atoms with Crippen molar-refractivity contribution in [3.63, 3.8) is 0 Å². The van der Waals surface area contributed by atoms with E-state index in [9.17, 15) is 13.2 Å². The summed E-state index contributed by atoms with van der Waals surface area (Å²) in [5.74, 6) is -0.231. The fraction of sp³-hybridized carbons (Fsp3) is 0.182. The summed E-state index contributed by atoms with van der Waals surface area (Å²) in [5, 5.41) is 3.98. The molecular formula is C11H9F3N2O. The maximum atomic E-state index is 11.9. The number of halogens is 3. The molecule has 2 aromatic rings. The number of nitrogens with zero attached hydrogens (tertiary/aromatic N) is 2. The van der Waals surface area contributed by atoms with Gasteiger partial charge in [-0.25, -0.2) is 0 Å². The van der Waals surface area contributed by atoms with Crippen molar-refractivity contribution in [1.82, 2.24) is 9.78 Å². The Hall–Kier alpha value is -1.98. The van der Waals surface area contributed by atoms with Crippen LogP contribution in [0, 0.1) is 0 Å². The summed E-state index contributed by atoms with van der Waals surface area (Å²) in [6.45, 7) is 0. The molecule has 0 bridgehead atoms. The van der Waals surface area contributed by atoms with Crippen LogP contribution >= 0.6 is 0 Å². The Morgan fingerprint density at radius 1 is 1.12 bits per heavy atom. The number of hydrogen-bond acceptors (Lipinski definition) is 2. The van der Waals surface area contributed by atoms with Crippen LogP contribution in [0.4, 0.5) is 13.2 Å². The fourth-order valence-electron chi connectivity index (χ4n) is 1.42. The Balaban J connectivity index is 2.19. The highest BCUT2D eigenvalue weighted by Crippen LogP contribution is 2.26. The standard InChI is InChI=1S/C11H9F3N2O/c1-16-7-9(6-15-16)8-2-4-10(5-3-8)17-11(12,13)14/h2-7H,1H3. The van der Waals surface area contributed by atoms with E-state index in [0.29, 0.717) is 0 Å². The lowest BCUT2D eigenvalue weighted by atomic mass is 10.1. The first-order chi connectivity index (χ1) is 7.94. The first kappa shape index (κ1) is 11.5. The Kier molecular flexibility index (Phi) is 2.79. The third kappa shape index (κ3) is 2.99. The molecule has 90 valence electrons. The van der Waals surface area contributed by atoms with Gasteiger partial charge < -0.3 is 4.74 Å². The number of benzene rings is 1. The molecule has 2 rings (SSSR count). The van der Waals surface area contributed by atoms with Gasteiger partial charge in [0.05, 0.1) is 6.20 Å². The van der Waals surface area contributed by atoms with Crippen molar-refractivity contribution in [2.24, 2.45) is 7.05 Å². The summed E-state index contributed by atoms with van der Waals surface area (Å²) in [6, 6.07) is 5.65. The number of ether oxygens (including phenoxy) is 1. The molecule has 1 heterocycles. The molecule has 0 aliphatic carbocycles. The van der Waals surface area contributed by atoms with Gasteiger partial charge >= 0.3 is 6.36 Å². The molecular weight excluding hydrogens is 233 g/mol. The zero-order chi connectivity index (χ0) is 12.5. The van der Waals surface area contributed by atoms with E-state index in [1.165, 1.54) is 12.1 Å². The molecule has 0 atom stereocenters. The maximum absolute atomic E-state index is 11.9. The third-order valence-corrected chi connectivity index (χ3v) is 2.13. The van der Waals surface area contributed by atoms with E-state index in [2.05, 4.69) is 9.84 Å². The zero-order valence-corrected chi connectivity index (χ0v) is 8.90. The zero-order valence-electron chi connectivity index (χ0n) is 8.90. The molecule has 17 heavy (non-hydrogen) atoms. The number of hydrogen-bond donors (Lipinski definition) is 0. The smallest absolute Gasteiger partial charge is 0.406 e. The maximum Gasteiger partial charge on any atom is 0.573 e. The minimum absolute atomic E-state index is 0.231. The number of rotatable bonds is 2. The van der Waals surface area contributed by atoms with Gasteiger partial charge in [-0.05, 0) is 17.7 Å². The lowest BCUT2D eigenvalue weighted by molar-refractivity contribution is -0.274. The van der Waals surface area contributed by atoms with Crippen LogP contribution in [0.3, 0.4) is 0 Å². The molecule has 3 nitrogen and oxygen atoms in total. The highest BCUT2D eigenvalue weighted by Gasteiger charge is 2.30. The van der Waals surface area contributed by atoms with Crippen molar-refractivity contribution in [3.05, 3.63) is 36.7 Å². The van der Waals surface area contributed by atoms with Gasteiger partial charge in [0, 0.05) is 18.8 Å². The van der Waals surface area contributed by atoms with Gasteiger partial charge in [0.15, 0.2) is 0 Å². The Morgan fingerprint density at radius 3 is 2.24 bits per heavy atom. The molecule has 0 N–H and O–H groups in total. The van der Waals surface area contributed by atoms with Gasteiger partial charge in [-0.3, -0.25) is 4.68 Å². The van der Waals surface area contributed by atoms with E-state index in [-0.39, 0.29) is 5.75 Å². The van der Waals surface area contributed by atoms with E-state index in [1.807, 2.05) is 0 Å². The van der Waals surface area contributed by atoms with Crippen LogP contribution in [-0.4, -0.2) is 16.1 Å². The molecule has 6 heteroatoms. The van der Waals surface area contributed by atoms with Crippen LogP contribution in [0.25, 0.3) is 11.1 Å². The molecule has 0 aliphatic heterocycles. The molecule has 0 saturated heterocycles. The first-order valence-corrected chi connectivity index (χ1v) is 4.79. The Labute approximate surface area is 95.4 Å². The molecule has 0 amide bonds. The van der Waals surface area contributed by atoms with Crippen LogP contribution < -0.4 is 4.74 Å². The van der Waals surface area contributed by atoms with Crippen molar-refractivity contribution in [2.45, 2.75) is 6.36 Å². The van der Waals surface area contributed by atoms with Gasteiger partial charge in [0.2, 0.25) is 0 Å². The summed E-state index contributed by atoms with van der Waals surface area (Å²) < 4.78 is 41.2. The quantitative estimate of drug-likeness (QED) is 0.809. The lowest BCUT2D eigenvalue weighted by Gasteiger charge is -2.08. The van der Waals surface area contributed by atoms with Crippen molar-refractivity contribution in [2.75, 3.05) is 0 Å². The summed E-state index contributed by atoms with van der Waals surface area (Å²) in [7, 11) is 1.77. The molecule has 0 unspecified atom stereocenters. The molecule has 0 fully saturated rings. The van der Waals surface area contributed by atoms with Gasteiger partial charge in [-0.15, -0.1) is 13.2 Å². The lowest BCUT2D eigenvalue weighted by Crippen LogP contribution is -2.16. The summed E-state index contributed by atoms with van der Waals surface area (Å²) >= 11 is 0. The van der Waals surface area contributed by atoms with Gasteiger partial charge in [-0.1, -0.05) is 12.1 Å². The highest BCUT2D eigenvalue weighted by molar-refractivity contribution is 5.62. The van der Waals surface area contributed by atoms with Crippen LogP contribution in [0.5, 0.6) is 5.75 Å². The second-order valence-electron chi connectivity index (χ2n) is 3.47. The van der Waals surface area contributed by atoms with Crippen LogP contribution in [0.1, 0.15) is 0 Å². The Bertz CT molecular complexity index is 502. The van der Waals surface area contributed by atoms with Crippen molar-refractivity contribution >= 4 is 0 Å². The van der Waals surface area contributed by atoms with Crippen LogP contribution in [0.15, 0.2) is 36.7 Å². The van der Waals surface area contributed by atoms with Crippen LogP contribution in [0.2, 0.25) is 0 Å². The molecule has 1 aromatic heterocycles. The second-order valence-corrected chi connectivity index (χ2v) is 3.47. The second kappa shape index (κ2) is 4.12.